The second-order valence-electron chi connectivity index (χ2n) is 3.95. The predicted octanol–water partition coefficient (Wildman–Crippen LogP) is 1.07. The zero-order valence-electron chi connectivity index (χ0n) is 9.07. The number of hydrogen-bond donors (Lipinski definition) is 2. The lowest BCUT2D eigenvalue weighted by Crippen LogP contribution is -2.29. The van der Waals surface area contributed by atoms with E-state index < -0.39 is 0 Å². The monoisotopic (exact) mass is 253 g/mol. The van der Waals surface area contributed by atoms with Crippen LogP contribution in [-0.2, 0) is 0 Å². The molecule has 5 nitrogen and oxygen atoms in total. The van der Waals surface area contributed by atoms with Gasteiger partial charge in [0, 0.05) is 0 Å². The normalized spacial score (nSPS) is 21.9. The second kappa shape index (κ2) is 4.00. The largest absolute Gasteiger partial charge is 0.486 e. The lowest BCUT2D eigenvalue weighted by atomic mass is 10.1. The highest BCUT2D eigenvalue weighted by Crippen LogP contribution is 2.39. The minimum Gasteiger partial charge on any atom is -0.486 e. The van der Waals surface area contributed by atoms with E-state index in [0.29, 0.717) is 42.2 Å². The maximum atomic E-state index is 6.16. The molecule has 3 rings (SSSR count). The van der Waals surface area contributed by atoms with Gasteiger partial charge in [0.1, 0.15) is 13.2 Å². The fourth-order valence-corrected chi connectivity index (χ4v) is 2.25. The fraction of sp³-hybridized carbons (Fsp3) is 0.364. The Bertz CT molecular complexity index is 490. The van der Waals surface area contributed by atoms with Crippen molar-refractivity contribution in [1.29, 1.82) is 0 Å². The van der Waals surface area contributed by atoms with E-state index in [1.807, 2.05) is 12.1 Å². The highest BCUT2D eigenvalue weighted by molar-refractivity contribution is 6.32. The lowest BCUT2D eigenvalue weighted by molar-refractivity contribution is 0.171. The molecule has 1 atom stereocenters. The summed E-state index contributed by atoms with van der Waals surface area (Å²) in [5.41, 5.74) is 6.59. The number of hydrogen-bond acceptors (Lipinski definition) is 5. The molecule has 1 aromatic carbocycles. The first-order valence-electron chi connectivity index (χ1n) is 5.39. The Morgan fingerprint density at radius 3 is 2.94 bits per heavy atom. The smallest absolute Gasteiger partial charge is 0.189 e. The van der Waals surface area contributed by atoms with Crippen LogP contribution in [0, 0.1) is 0 Å². The van der Waals surface area contributed by atoms with E-state index in [2.05, 4.69) is 10.3 Å². The van der Waals surface area contributed by atoms with Gasteiger partial charge in [-0.2, -0.15) is 0 Å². The van der Waals surface area contributed by atoms with E-state index in [0.717, 1.165) is 5.56 Å². The Balaban J connectivity index is 1.94. The Hall–Kier alpha value is -1.62. The Morgan fingerprint density at radius 2 is 2.18 bits per heavy atom. The van der Waals surface area contributed by atoms with E-state index in [1.54, 1.807) is 0 Å². The quantitative estimate of drug-likeness (QED) is 0.786. The van der Waals surface area contributed by atoms with Crippen LogP contribution >= 0.6 is 11.6 Å². The number of nitrogens with two attached hydrogens (primary N) is 1. The molecule has 2 aliphatic rings. The van der Waals surface area contributed by atoms with Crippen LogP contribution in [0.15, 0.2) is 17.1 Å². The van der Waals surface area contributed by atoms with Gasteiger partial charge in [-0.1, -0.05) is 11.6 Å². The SMILES string of the molecule is NC1=NCC(c2cc(Cl)c3c(c2)OCCO3)N1. The van der Waals surface area contributed by atoms with Gasteiger partial charge in [-0.15, -0.1) is 0 Å². The van der Waals surface area contributed by atoms with Crippen LogP contribution in [0.3, 0.4) is 0 Å². The minimum atomic E-state index is 0.0586. The Kier molecular flexibility index (Phi) is 2.48. The maximum Gasteiger partial charge on any atom is 0.189 e. The van der Waals surface area contributed by atoms with Crippen LogP contribution in [0.25, 0.3) is 0 Å². The summed E-state index contributed by atoms with van der Waals surface area (Å²) >= 11 is 6.16. The topological polar surface area (TPSA) is 68.9 Å². The third kappa shape index (κ3) is 1.86. The first-order valence-corrected chi connectivity index (χ1v) is 5.77. The third-order valence-electron chi connectivity index (χ3n) is 2.79. The standard InChI is InChI=1S/C11H12ClN3O2/c12-7-3-6(8-5-14-11(13)15-8)4-9-10(7)17-2-1-16-9/h3-4,8H,1-2,5H2,(H3,13,14,15). The molecule has 1 unspecified atom stereocenters. The molecule has 2 heterocycles. The highest BCUT2D eigenvalue weighted by Gasteiger charge is 2.22. The third-order valence-corrected chi connectivity index (χ3v) is 3.07. The number of rotatable bonds is 1. The number of aliphatic imine (C=N–C) groups is 1. The molecule has 0 amide bonds. The van der Waals surface area contributed by atoms with Crippen molar-refractivity contribution in [3.63, 3.8) is 0 Å². The van der Waals surface area contributed by atoms with Gasteiger partial charge in [-0.3, -0.25) is 4.99 Å². The summed E-state index contributed by atoms with van der Waals surface area (Å²) in [6.07, 6.45) is 0. The van der Waals surface area contributed by atoms with Gasteiger partial charge in [0.15, 0.2) is 17.5 Å². The van der Waals surface area contributed by atoms with Crippen LogP contribution in [-0.4, -0.2) is 25.7 Å². The molecule has 2 aliphatic heterocycles. The molecular weight excluding hydrogens is 242 g/mol. The number of ether oxygens (including phenoxy) is 2. The molecule has 6 heteroatoms. The molecule has 0 aliphatic carbocycles. The summed E-state index contributed by atoms with van der Waals surface area (Å²) < 4.78 is 11.0. The van der Waals surface area contributed by atoms with E-state index in [9.17, 15) is 0 Å². The number of benzene rings is 1. The summed E-state index contributed by atoms with van der Waals surface area (Å²) in [7, 11) is 0. The van der Waals surface area contributed by atoms with Crippen LogP contribution in [0.1, 0.15) is 11.6 Å². The number of nitrogens with one attached hydrogen (secondary N) is 1. The number of nitrogens with zero attached hydrogens (tertiary/aromatic N) is 1. The van der Waals surface area contributed by atoms with Gasteiger partial charge >= 0.3 is 0 Å². The van der Waals surface area contributed by atoms with E-state index in [4.69, 9.17) is 26.8 Å². The van der Waals surface area contributed by atoms with Gasteiger partial charge in [0.25, 0.3) is 0 Å². The van der Waals surface area contributed by atoms with Crippen molar-refractivity contribution in [2.75, 3.05) is 19.8 Å². The van der Waals surface area contributed by atoms with Crippen molar-refractivity contribution in [3.05, 3.63) is 22.7 Å². The zero-order chi connectivity index (χ0) is 11.8. The minimum absolute atomic E-state index is 0.0586. The molecule has 3 N–H and O–H groups in total. The Labute approximate surface area is 104 Å². The van der Waals surface area contributed by atoms with Crippen molar-refractivity contribution in [1.82, 2.24) is 5.32 Å². The fourth-order valence-electron chi connectivity index (χ4n) is 1.98. The van der Waals surface area contributed by atoms with Crippen LogP contribution in [0.4, 0.5) is 0 Å². The van der Waals surface area contributed by atoms with Crippen LogP contribution in [0.5, 0.6) is 11.5 Å². The average Bonchev–Trinajstić information content (AvgIpc) is 2.76. The van der Waals surface area contributed by atoms with Crippen molar-refractivity contribution in [3.8, 4) is 11.5 Å². The zero-order valence-corrected chi connectivity index (χ0v) is 9.83. The van der Waals surface area contributed by atoms with Gasteiger partial charge in [0.05, 0.1) is 17.6 Å². The predicted molar refractivity (Wildman–Crippen MR) is 64.8 cm³/mol. The van der Waals surface area contributed by atoms with Gasteiger partial charge in [0.2, 0.25) is 0 Å². The lowest BCUT2D eigenvalue weighted by Gasteiger charge is -2.21. The summed E-state index contributed by atoms with van der Waals surface area (Å²) in [6.45, 7) is 1.69. The van der Waals surface area contributed by atoms with Crippen molar-refractivity contribution < 1.29 is 9.47 Å². The van der Waals surface area contributed by atoms with Crippen LogP contribution < -0.4 is 20.5 Å². The van der Waals surface area contributed by atoms with E-state index >= 15 is 0 Å². The Morgan fingerprint density at radius 1 is 1.35 bits per heavy atom. The summed E-state index contributed by atoms with van der Waals surface area (Å²) in [5, 5.41) is 3.64. The average molecular weight is 254 g/mol. The molecule has 0 saturated heterocycles. The first kappa shape index (κ1) is 10.5. The molecule has 0 radical (unpaired) electrons. The molecular formula is C11H12ClN3O2. The highest BCUT2D eigenvalue weighted by atomic mass is 35.5. The van der Waals surface area contributed by atoms with E-state index in [1.165, 1.54) is 0 Å². The molecule has 17 heavy (non-hydrogen) atoms. The molecule has 0 spiro atoms. The van der Waals surface area contributed by atoms with E-state index in [-0.39, 0.29) is 6.04 Å². The molecule has 0 fully saturated rings. The van der Waals surface area contributed by atoms with Crippen molar-refractivity contribution >= 4 is 17.6 Å². The molecule has 1 aromatic rings. The molecule has 0 aromatic heterocycles. The summed E-state index contributed by atoms with van der Waals surface area (Å²) in [4.78, 5) is 4.10. The number of halogens is 1. The second-order valence-corrected chi connectivity index (χ2v) is 4.36. The molecule has 90 valence electrons. The summed E-state index contributed by atoms with van der Waals surface area (Å²) in [6, 6.07) is 3.84. The van der Waals surface area contributed by atoms with Gasteiger partial charge < -0.3 is 20.5 Å². The van der Waals surface area contributed by atoms with Gasteiger partial charge in [-0.05, 0) is 17.7 Å². The first-order chi connectivity index (χ1) is 8.24. The van der Waals surface area contributed by atoms with Gasteiger partial charge in [-0.25, -0.2) is 0 Å². The molecule has 0 bridgehead atoms. The summed E-state index contributed by atoms with van der Waals surface area (Å²) in [5.74, 6) is 1.76. The number of fused-ring (bicyclic) bond motifs is 1. The molecule has 0 saturated carbocycles. The maximum absolute atomic E-state index is 6.16. The van der Waals surface area contributed by atoms with Crippen molar-refractivity contribution in [2.45, 2.75) is 6.04 Å². The number of guanidine groups is 1. The van der Waals surface area contributed by atoms with Crippen molar-refractivity contribution in [2.24, 2.45) is 10.7 Å². The van der Waals surface area contributed by atoms with Crippen LogP contribution in [0.2, 0.25) is 5.02 Å².